The normalized spacial score (nSPS) is 23.2. The molecule has 6 nitrogen and oxygen atoms in total. The zero-order valence-electron chi connectivity index (χ0n) is 14.6. The molecule has 2 aliphatic heterocycles. The van der Waals surface area contributed by atoms with E-state index in [1.54, 1.807) is 6.20 Å². The van der Waals surface area contributed by atoms with Crippen LogP contribution < -0.4 is 5.32 Å². The van der Waals surface area contributed by atoms with Crippen LogP contribution in [-0.4, -0.2) is 48.0 Å². The molecule has 0 saturated carbocycles. The van der Waals surface area contributed by atoms with Crippen molar-refractivity contribution in [2.45, 2.75) is 45.4 Å². The highest BCUT2D eigenvalue weighted by molar-refractivity contribution is 5.74. The van der Waals surface area contributed by atoms with Gasteiger partial charge in [0.25, 0.3) is 0 Å². The van der Waals surface area contributed by atoms with Gasteiger partial charge >= 0.3 is 6.03 Å². The fraction of sp³-hybridized carbons (Fsp3) is 0.667. The summed E-state index contributed by atoms with van der Waals surface area (Å²) in [5.74, 6) is -0.314. The van der Waals surface area contributed by atoms with Gasteiger partial charge in [-0.3, -0.25) is 4.98 Å². The first kappa shape index (κ1) is 17.2. The van der Waals surface area contributed by atoms with Crippen LogP contribution in [0.1, 0.15) is 37.8 Å². The number of likely N-dealkylation sites (tertiary alicyclic amines) is 1. The van der Waals surface area contributed by atoms with Crippen molar-refractivity contribution in [3.8, 4) is 0 Å². The number of nitrogens with one attached hydrogen (secondary N) is 1. The molecule has 0 bridgehead atoms. The molecule has 1 aromatic heterocycles. The highest BCUT2D eigenvalue weighted by Crippen LogP contribution is 2.34. The van der Waals surface area contributed by atoms with Crippen LogP contribution in [-0.2, 0) is 22.4 Å². The number of hydrogen-bond acceptors (Lipinski definition) is 4. The first-order chi connectivity index (χ1) is 11.6. The number of amides is 2. The number of carbonyl (C=O) groups excluding carboxylic acids is 1. The third kappa shape index (κ3) is 3.70. The smallest absolute Gasteiger partial charge is 0.317 e. The van der Waals surface area contributed by atoms with Gasteiger partial charge in [0.2, 0.25) is 0 Å². The molecule has 2 fully saturated rings. The van der Waals surface area contributed by atoms with Crippen LogP contribution in [0.3, 0.4) is 0 Å². The van der Waals surface area contributed by atoms with E-state index in [2.05, 4.69) is 17.2 Å². The molecule has 1 aromatic rings. The first-order valence-electron chi connectivity index (χ1n) is 8.85. The Bertz CT molecular complexity index is 572. The minimum Gasteiger partial charge on any atom is -0.347 e. The quantitative estimate of drug-likeness (QED) is 0.918. The second-order valence-corrected chi connectivity index (χ2v) is 6.65. The zero-order valence-corrected chi connectivity index (χ0v) is 14.6. The topological polar surface area (TPSA) is 63.7 Å². The molecule has 1 N–H and O–H groups in total. The number of ether oxygens (including phenoxy) is 2. The van der Waals surface area contributed by atoms with E-state index in [-0.39, 0.29) is 11.9 Å². The molecule has 0 aliphatic carbocycles. The number of aryl methyl sites for hydroxylation is 1. The van der Waals surface area contributed by atoms with Gasteiger partial charge < -0.3 is 19.7 Å². The van der Waals surface area contributed by atoms with Crippen molar-refractivity contribution in [3.63, 3.8) is 0 Å². The summed E-state index contributed by atoms with van der Waals surface area (Å²) in [5.41, 5.74) is 2.30. The maximum Gasteiger partial charge on any atom is 0.317 e. The Morgan fingerprint density at radius 3 is 2.96 bits per heavy atom. The fourth-order valence-corrected chi connectivity index (χ4v) is 3.59. The van der Waals surface area contributed by atoms with Gasteiger partial charge in [-0.25, -0.2) is 4.79 Å². The van der Waals surface area contributed by atoms with Crippen molar-refractivity contribution < 1.29 is 14.3 Å². The number of pyridine rings is 1. The summed E-state index contributed by atoms with van der Waals surface area (Å²) in [4.78, 5) is 18.6. The molecule has 0 spiro atoms. The van der Waals surface area contributed by atoms with E-state index in [1.807, 2.05) is 24.1 Å². The van der Waals surface area contributed by atoms with Gasteiger partial charge in [0.15, 0.2) is 5.79 Å². The molecule has 132 valence electrons. The first-order valence-corrected chi connectivity index (χ1v) is 8.85. The molecule has 2 aliphatic rings. The van der Waals surface area contributed by atoms with Gasteiger partial charge in [-0.1, -0.05) is 6.92 Å². The second kappa shape index (κ2) is 7.49. The van der Waals surface area contributed by atoms with Gasteiger partial charge in [0.05, 0.1) is 13.2 Å². The van der Waals surface area contributed by atoms with E-state index in [0.29, 0.717) is 26.3 Å². The van der Waals surface area contributed by atoms with Crippen LogP contribution in [0, 0.1) is 5.92 Å². The van der Waals surface area contributed by atoms with Gasteiger partial charge in [-0.05, 0) is 43.4 Å². The number of piperidine rings is 1. The number of hydrogen-bond donors (Lipinski definition) is 1. The highest BCUT2D eigenvalue weighted by Gasteiger charge is 2.42. The Morgan fingerprint density at radius 2 is 2.21 bits per heavy atom. The average molecular weight is 333 g/mol. The van der Waals surface area contributed by atoms with Crippen LogP contribution in [0.4, 0.5) is 4.79 Å². The fourth-order valence-electron chi connectivity index (χ4n) is 3.59. The lowest BCUT2D eigenvalue weighted by Crippen LogP contribution is -2.51. The molecule has 6 heteroatoms. The van der Waals surface area contributed by atoms with E-state index in [0.717, 1.165) is 31.4 Å². The Kier molecular flexibility index (Phi) is 5.36. The maximum atomic E-state index is 12.6. The van der Waals surface area contributed by atoms with Gasteiger partial charge in [0, 0.05) is 37.9 Å². The van der Waals surface area contributed by atoms with Gasteiger partial charge in [-0.15, -0.1) is 0 Å². The number of carbonyl (C=O) groups is 1. The SMILES string of the molecule is CCc1cnccc1CNC(=O)N1CCC[C@H](C2(C)OCCO2)C1. The number of rotatable bonds is 4. The van der Waals surface area contributed by atoms with Crippen molar-refractivity contribution in [2.24, 2.45) is 5.92 Å². The lowest BCUT2D eigenvalue weighted by molar-refractivity contribution is -0.189. The molecule has 3 heterocycles. The zero-order chi connectivity index (χ0) is 17.0. The molecule has 24 heavy (non-hydrogen) atoms. The molecule has 1 atom stereocenters. The summed E-state index contributed by atoms with van der Waals surface area (Å²) in [5, 5.41) is 3.04. The van der Waals surface area contributed by atoms with Crippen LogP contribution in [0.5, 0.6) is 0 Å². The number of urea groups is 1. The predicted molar refractivity (Wildman–Crippen MR) is 90.5 cm³/mol. The Balaban J connectivity index is 1.56. The summed E-state index contributed by atoms with van der Waals surface area (Å²) in [6, 6.07) is 1.96. The summed E-state index contributed by atoms with van der Waals surface area (Å²) >= 11 is 0. The van der Waals surface area contributed by atoms with Crippen LogP contribution >= 0.6 is 0 Å². The number of nitrogens with zero attached hydrogens (tertiary/aromatic N) is 2. The Labute approximate surface area is 143 Å². The average Bonchev–Trinajstić information content (AvgIpc) is 3.08. The Hall–Kier alpha value is -1.66. The summed E-state index contributed by atoms with van der Waals surface area (Å²) in [6.07, 6.45) is 6.57. The second-order valence-electron chi connectivity index (χ2n) is 6.65. The van der Waals surface area contributed by atoms with Crippen molar-refractivity contribution in [2.75, 3.05) is 26.3 Å². The number of aromatic nitrogens is 1. The lowest BCUT2D eigenvalue weighted by atomic mass is 9.90. The summed E-state index contributed by atoms with van der Waals surface area (Å²) in [7, 11) is 0. The molecule has 0 unspecified atom stereocenters. The van der Waals surface area contributed by atoms with Crippen LogP contribution in [0.15, 0.2) is 18.5 Å². The standard InChI is InChI=1S/C18H27N3O3/c1-3-14-11-19-7-6-15(14)12-20-17(22)21-8-4-5-16(13-21)18(2)23-9-10-24-18/h6-7,11,16H,3-5,8-10,12-13H2,1-2H3,(H,20,22)/t16-/m0/s1. The monoisotopic (exact) mass is 333 g/mol. The van der Waals surface area contributed by atoms with Gasteiger partial charge in [-0.2, -0.15) is 0 Å². The highest BCUT2D eigenvalue weighted by atomic mass is 16.7. The van der Waals surface area contributed by atoms with E-state index in [1.165, 1.54) is 5.56 Å². The van der Waals surface area contributed by atoms with Crippen LogP contribution in [0.25, 0.3) is 0 Å². The summed E-state index contributed by atoms with van der Waals surface area (Å²) in [6.45, 7) is 7.38. The van der Waals surface area contributed by atoms with Crippen molar-refractivity contribution in [1.82, 2.24) is 15.2 Å². The van der Waals surface area contributed by atoms with Crippen LogP contribution in [0.2, 0.25) is 0 Å². The molecule has 2 saturated heterocycles. The van der Waals surface area contributed by atoms with Crippen molar-refractivity contribution in [1.29, 1.82) is 0 Å². The van der Waals surface area contributed by atoms with E-state index < -0.39 is 5.79 Å². The molecule has 0 aromatic carbocycles. The lowest BCUT2D eigenvalue weighted by Gasteiger charge is -2.39. The maximum absolute atomic E-state index is 12.6. The molecule has 2 amide bonds. The third-order valence-corrected chi connectivity index (χ3v) is 5.13. The minimum absolute atomic E-state index is 0.0137. The predicted octanol–water partition coefficient (Wildman–Crippen LogP) is 2.33. The third-order valence-electron chi connectivity index (χ3n) is 5.13. The Morgan fingerprint density at radius 1 is 1.42 bits per heavy atom. The van der Waals surface area contributed by atoms with E-state index >= 15 is 0 Å². The molecular formula is C18H27N3O3. The van der Waals surface area contributed by atoms with Gasteiger partial charge in [0.1, 0.15) is 0 Å². The molecule has 3 rings (SSSR count). The minimum atomic E-state index is -0.542. The largest absolute Gasteiger partial charge is 0.347 e. The van der Waals surface area contributed by atoms with E-state index in [9.17, 15) is 4.79 Å². The van der Waals surface area contributed by atoms with Crippen molar-refractivity contribution >= 4 is 6.03 Å². The van der Waals surface area contributed by atoms with Crippen molar-refractivity contribution in [3.05, 3.63) is 29.6 Å². The molecule has 0 radical (unpaired) electrons. The van der Waals surface area contributed by atoms with E-state index in [4.69, 9.17) is 9.47 Å². The summed E-state index contributed by atoms with van der Waals surface area (Å²) < 4.78 is 11.6. The molecular weight excluding hydrogens is 306 g/mol.